The Hall–Kier alpha value is -4.69. The van der Waals surface area contributed by atoms with Crippen LogP contribution in [0.3, 0.4) is 0 Å². The van der Waals surface area contributed by atoms with Crippen molar-refractivity contribution in [3.63, 3.8) is 0 Å². The van der Waals surface area contributed by atoms with Crippen molar-refractivity contribution in [3.05, 3.63) is 96.6 Å². The largest absolute Gasteiger partial charge is 0.486 e. The van der Waals surface area contributed by atoms with Gasteiger partial charge in [0.2, 0.25) is 5.89 Å². The zero-order valence-corrected chi connectivity index (χ0v) is 20.4. The van der Waals surface area contributed by atoms with Gasteiger partial charge >= 0.3 is 0 Å². The van der Waals surface area contributed by atoms with Gasteiger partial charge in [-0.05, 0) is 71.9 Å². The summed E-state index contributed by atoms with van der Waals surface area (Å²) in [6.45, 7) is 0.938. The monoisotopic (exact) mass is 507 g/mol. The van der Waals surface area contributed by atoms with Gasteiger partial charge < -0.3 is 19.2 Å². The van der Waals surface area contributed by atoms with Gasteiger partial charge in [-0.25, -0.2) is 4.98 Å². The van der Waals surface area contributed by atoms with Crippen molar-refractivity contribution < 1.29 is 18.7 Å². The number of anilines is 1. The van der Waals surface area contributed by atoms with Crippen LogP contribution in [0.4, 0.5) is 5.69 Å². The van der Waals surface area contributed by atoms with Crippen LogP contribution in [0.5, 0.6) is 11.5 Å². The Morgan fingerprint density at radius 3 is 2.32 bits per heavy atom. The van der Waals surface area contributed by atoms with E-state index in [0.717, 1.165) is 16.7 Å². The topological polar surface area (TPSA) is 85.6 Å². The molecule has 0 atom stereocenters. The molecule has 1 aliphatic heterocycles. The Bertz CT molecular complexity index is 1610. The fourth-order valence-electron chi connectivity index (χ4n) is 4.09. The number of fused-ring (bicyclic) bond motifs is 2. The first-order chi connectivity index (χ1) is 18.1. The predicted octanol–water partition coefficient (Wildman–Crippen LogP) is 6.06. The molecule has 8 heteroatoms. The van der Waals surface area contributed by atoms with Gasteiger partial charge in [0.15, 0.2) is 22.2 Å². The second-order valence-corrected chi connectivity index (χ2v) is 8.82. The summed E-state index contributed by atoms with van der Waals surface area (Å²) in [5, 5.41) is 5.89. The van der Waals surface area contributed by atoms with Crippen LogP contribution in [0, 0.1) is 0 Å². The second-order valence-electron chi connectivity index (χ2n) is 8.41. The van der Waals surface area contributed by atoms with Crippen LogP contribution in [-0.2, 0) is 0 Å². The number of benzene rings is 4. The molecule has 0 unspecified atom stereocenters. The lowest BCUT2D eigenvalue weighted by Crippen LogP contribution is -2.34. The molecule has 0 fully saturated rings. The Labute approximate surface area is 218 Å². The van der Waals surface area contributed by atoms with Crippen molar-refractivity contribution in [2.24, 2.45) is 0 Å². The van der Waals surface area contributed by atoms with E-state index in [2.05, 4.69) is 39.9 Å². The minimum atomic E-state index is -0.349. The number of aromatic nitrogens is 1. The number of oxazole rings is 1. The average molecular weight is 508 g/mol. The smallest absolute Gasteiger partial charge is 0.257 e. The van der Waals surface area contributed by atoms with Gasteiger partial charge in [0.1, 0.15) is 18.7 Å². The minimum Gasteiger partial charge on any atom is -0.486 e. The number of thiocarbonyl (C=S) groups is 1. The van der Waals surface area contributed by atoms with E-state index in [1.165, 1.54) is 0 Å². The lowest BCUT2D eigenvalue weighted by atomic mass is 10.0. The molecule has 5 aromatic rings. The third-order valence-corrected chi connectivity index (χ3v) is 6.12. The van der Waals surface area contributed by atoms with Gasteiger partial charge in [-0.15, -0.1) is 0 Å². The first-order valence-corrected chi connectivity index (χ1v) is 12.1. The van der Waals surface area contributed by atoms with Crippen LogP contribution in [0.2, 0.25) is 0 Å². The Kier molecular flexibility index (Phi) is 6.00. The number of ether oxygens (including phenoxy) is 2. The van der Waals surface area contributed by atoms with E-state index in [-0.39, 0.29) is 11.0 Å². The molecule has 0 spiro atoms. The standard InChI is InChI=1S/C29H21N3O4S/c33-27(21-10-12-25-26(16-21)35-15-14-34-25)32-29(37)30-22-11-13-24-23(17-22)31-28(36-24)20-8-6-19(7-9-20)18-4-2-1-3-5-18/h1-13,16-17H,14-15H2,(H2,30,32,33,37). The molecule has 1 amide bonds. The van der Waals surface area contributed by atoms with E-state index in [9.17, 15) is 4.79 Å². The maximum absolute atomic E-state index is 12.7. The number of hydrogen-bond donors (Lipinski definition) is 2. The Balaban J connectivity index is 1.14. The van der Waals surface area contributed by atoms with Crippen molar-refractivity contribution in [2.45, 2.75) is 0 Å². The first-order valence-electron chi connectivity index (χ1n) is 11.7. The van der Waals surface area contributed by atoms with E-state index < -0.39 is 0 Å². The third-order valence-electron chi connectivity index (χ3n) is 5.92. The molecule has 1 aliphatic rings. The van der Waals surface area contributed by atoms with Gasteiger partial charge in [-0.2, -0.15) is 0 Å². The molecule has 2 heterocycles. The van der Waals surface area contributed by atoms with Gasteiger partial charge in [-0.3, -0.25) is 10.1 Å². The molecule has 0 saturated heterocycles. The van der Waals surface area contributed by atoms with Crippen LogP contribution in [-0.4, -0.2) is 29.2 Å². The van der Waals surface area contributed by atoms with Gasteiger partial charge in [-0.1, -0.05) is 42.5 Å². The number of amides is 1. The van der Waals surface area contributed by atoms with E-state index in [1.807, 2.05) is 48.5 Å². The molecule has 0 radical (unpaired) electrons. The molecule has 4 aromatic carbocycles. The predicted molar refractivity (Wildman–Crippen MR) is 146 cm³/mol. The average Bonchev–Trinajstić information content (AvgIpc) is 3.37. The molecule has 2 N–H and O–H groups in total. The van der Waals surface area contributed by atoms with Crippen molar-refractivity contribution in [3.8, 4) is 34.1 Å². The summed E-state index contributed by atoms with van der Waals surface area (Å²) < 4.78 is 17.0. The van der Waals surface area contributed by atoms with E-state index in [1.54, 1.807) is 18.2 Å². The fraction of sp³-hybridized carbons (Fsp3) is 0.0690. The molecule has 37 heavy (non-hydrogen) atoms. The molecule has 0 bridgehead atoms. The van der Waals surface area contributed by atoms with Crippen molar-refractivity contribution in [1.82, 2.24) is 10.3 Å². The summed E-state index contributed by atoms with van der Waals surface area (Å²) in [6, 6.07) is 28.8. The molecular weight excluding hydrogens is 486 g/mol. The van der Waals surface area contributed by atoms with Gasteiger partial charge in [0.05, 0.1) is 0 Å². The van der Waals surface area contributed by atoms with Crippen LogP contribution < -0.4 is 20.1 Å². The van der Waals surface area contributed by atoms with Crippen LogP contribution in [0.15, 0.2) is 95.4 Å². The summed E-state index contributed by atoms with van der Waals surface area (Å²) in [5.74, 6) is 1.34. The molecule has 6 rings (SSSR count). The highest BCUT2D eigenvalue weighted by Gasteiger charge is 2.16. The summed E-state index contributed by atoms with van der Waals surface area (Å²) in [6.07, 6.45) is 0. The number of nitrogens with one attached hydrogen (secondary N) is 2. The summed E-state index contributed by atoms with van der Waals surface area (Å²) in [5.41, 5.74) is 5.58. The van der Waals surface area contributed by atoms with Crippen LogP contribution >= 0.6 is 12.2 Å². The highest BCUT2D eigenvalue weighted by atomic mass is 32.1. The number of rotatable bonds is 4. The van der Waals surface area contributed by atoms with E-state index >= 15 is 0 Å². The molecule has 0 aliphatic carbocycles. The normalized spacial score (nSPS) is 12.2. The number of carbonyl (C=O) groups excluding carboxylic acids is 1. The maximum Gasteiger partial charge on any atom is 0.257 e. The van der Waals surface area contributed by atoms with E-state index in [0.29, 0.717) is 53.0 Å². The quantitative estimate of drug-likeness (QED) is 0.286. The molecule has 182 valence electrons. The van der Waals surface area contributed by atoms with Crippen molar-refractivity contribution in [1.29, 1.82) is 0 Å². The fourth-order valence-corrected chi connectivity index (χ4v) is 4.30. The summed E-state index contributed by atoms with van der Waals surface area (Å²) in [4.78, 5) is 17.3. The summed E-state index contributed by atoms with van der Waals surface area (Å²) >= 11 is 5.35. The highest BCUT2D eigenvalue weighted by molar-refractivity contribution is 7.80. The SMILES string of the molecule is O=C(NC(=S)Nc1ccc2oc(-c3ccc(-c4ccccc4)cc3)nc2c1)c1ccc2c(c1)OCCO2. The zero-order valence-electron chi connectivity index (χ0n) is 19.6. The lowest BCUT2D eigenvalue weighted by molar-refractivity contribution is 0.0976. The number of carbonyl (C=O) groups is 1. The summed E-state index contributed by atoms with van der Waals surface area (Å²) in [7, 11) is 0. The molecule has 7 nitrogen and oxygen atoms in total. The zero-order chi connectivity index (χ0) is 25.2. The molecular formula is C29H21N3O4S. The third kappa shape index (κ3) is 4.87. The minimum absolute atomic E-state index is 0.166. The van der Waals surface area contributed by atoms with Crippen molar-refractivity contribution in [2.75, 3.05) is 18.5 Å². The van der Waals surface area contributed by atoms with Crippen LogP contribution in [0.25, 0.3) is 33.7 Å². The Morgan fingerprint density at radius 1 is 0.784 bits per heavy atom. The Morgan fingerprint density at radius 2 is 1.51 bits per heavy atom. The molecule has 0 saturated carbocycles. The molecule has 1 aromatic heterocycles. The number of nitrogens with zero attached hydrogens (tertiary/aromatic N) is 1. The number of hydrogen-bond acceptors (Lipinski definition) is 6. The van der Waals surface area contributed by atoms with Gasteiger partial charge in [0.25, 0.3) is 5.91 Å². The highest BCUT2D eigenvalue weighted by Crippen LogP contribution is 2.31. The first kappa shape index (κ1) is 22.8. The van der Waals surface area contributed by atoms with Crippen LogP contribution in [0.1, 0.15) is 10.4 Å². The van der Waals surface area contributed by atoms with E-state index in [4.69, 9.17) is 26.1 Å². The van der Waals surface area contributed by atoms with Crippen molar-refractivity contribution >= 4 is 40.0 Å². The lowest BCUT2D eigenvalue weighted by Gasteiger charge is -2.18. The second kappa shape index (κ2) is 9.75. The van der Waals surface area contributed by atoms with Gasteiger partial charge in [0, 0.05) is 16.8 Å². The maximum atomic E-state index is 12.7.